The summed E-state index contributed by atoms with van der Waals surface area (Å²) in [5, 5.41) is 11.1. The monoisotopic (exact) mass is 338 g/mol. The molecule has 0 bridgehead atoms. The molecule has 5 heteroatoms. The van der Waals surface area contributed by atoms with Crippen LogP contribution in [0.1, 0.15) is 16.7 Å². The predicted molar refractivity (Wildman–Crippen MR) is 78.3 cm³/mol. The number of hydrogen-bond acceptors (Lipinski definition) is 3. The molecule has 0 aliphatic rings. The Kier molecular flexibility index (Phi) is 4.70. The molecule has 0 saturated carbocycles. The van der Waals surface area contributed by atoms with Crippen molar-refractivity contribution in [1.82, 2.24) is 4.90 Å². The number of hydrogen-bond donors (Lipinski definition) is 0. The van der Waals surface area contributed by atoms with E-state index in [4.69, 9.17) is 5.26 Å². The van der Waals surface area contributed by atoms with E-state index in [1.165, 1.54) is 23.8 Å². The largest absolute Gasteiger partial charge is 0.298 e. The van der Waals surface area contributed by atoms with Gasteiger partial charge in [0.15, 0.2) is 0 Å². The zero-order valence-corrected chi connectivity index (χ0v) is 12.8. The molecule has 2 rings (SSSR count). The molecular formula is C14H12BrFN2S. The van der Waals surface area contributed by atoms with E-state index in [0.717, 1.165) is 15.9 Å². The standard InChI is InChI=1S/C14H12BrFN2S/c1-18(7-10-4-14(15)19-9-10)8-12-5-13(16)3-2-11(12)6-17/h2-5,9H,7-8H2,1H3. The quantitative estimate of drug-likeness (QED) is 0.837. The molecule has 98 valence electrons. The Morgan fingerprint density at radius 2 is 2.16 bits per heavy atom. The van der Waals surface area contributed by atoms with Gasteiger partial charge in [-0.15, -0.1) is 11.3 Å². The Morgan fingerprint density at radius 3 is 2.79 bits per heavy atom. The van der Waals surface area contributed by atoms with Crippen molar-refractivity contribution in [3.05, 3.63) is 55.9 Å². The van der Waals surface area contributed by atoms with Gasteiger partial charge in [-0.2, -0.15) is 5.26 Å². The molecule has 0 radical (unpaired) electrons. The van der Waals surface area contributed by atoms with E-state index >= 15 is 0 Å². The summed E-state index contributed by atoms with van der Waals surface area (Å²) in [5.41, 5.74) is 2.45. The minimum Gasteiger partial charge on any atom is -0.298 e. The molecule has 2 nitrogen and oxygen atoms in total. The lowest BCUT2D eigenvalue weighted by atomic mass is 10.1. The van der Waals surface area contributed by atoms with Crippen molar-refractivity contribution in [2.45, 2.75) is 13.1 Å². The lowest BCUT2D eigenvalue weighted by molar-refractivity contribution is 0.318. The van der Waals surface area contributed by atoms with Gasteiger partial charge in [0.05, 0.1) is 15.4 Å². The maximum atomic E-state index is 13.2. The maximum Gasteiger partial charge on any atom is 0.123 e. The van der Waals surface area contributed by atoms with Gasteiger partial charge in [-0.25, -0.2) is 4.39 Å². The van der Waals surface area contributed by atoms with Gasteiger partial charge in [-0.3, -0.25) is 4.90 Å². The Labute approximate surface area is 124 Å². The van der Waals surface area contributed by atoms with Gasteiger partial charge in [0, 0.05) is 13.1 Å². The number of rotatable bonds is 4. The van der Waals surface area contributed by atoms with E-state index in [1.54, 1.807) is 11.3 Å². The van der Waals surface area contributed by atoms with Crippen LogP contribution in [0.2, 0.25) is 0 Å². The van der Waals surface area contributed by atoms with Crippen LogP contribution in [-0.4, -0.2) is 11.9 Å². The van der Waals surface area contributed by atoms with Gasteiger partial charge >= 0.3 is 0 Å². The van der Waals surface area contributed by atoms with E-state index in [2.05, 4.69) is 38.3 Å². The summed E-state index contributed by atoms with van der Waals surface area (Å²) in [4.78, 5) is 2.06. The summed E-state index contributed by atoms with van der Waals surface area (Å²) in [6.45, 7) is 1.32. The summed E-state index contributed by atoms with van der Waals surface area (Å²) in [6, 6.07) is 8.44. The molecule has 0 atom stereocenters. The fraction of sp³-hybridized carbons (Fsp3) is 0.214. The Morgan fingerprint density at radius 1 is 1.37 bits per heavy atom. The zero-order valence-electron chi connectivity index (χ0n) is 10.4. The molecule has 0 N–H and O–H groups in total. The fourth-order valence-corrected chi connectivity index (χ4v) is 3.09. The molecule has 1 heterocycles. The number of halogens is 2. The lowest BCUT2D eigenvalue weighted by Crippen LogP contribution is -2.17. The third-order valence-corrected chi connectivity index (χ3v) is 4.26. The van der Waals surface area contributed by atoms with Crippen LogP contribution >= 0.6 is 27.3 Å². The van der Waals surface area contributed by atoms with Crippen LogP contribution in [0.5, 0.6) is 0 Å². The molecule has 0 amide bonds. The number of nitrogens with zero attached hydrogens (tertiary/aromatic N) is 2. The van der Waals surface area contributed by atoms with E-state index < -0.39 is 0 Å². The van der Waals surface area contributed by atoms with Crippen LogP contribution in [0.25, 0.3) is 0 Å². The summed E-state index contributed by atoms with van der Waals surface area (Å²) < 4.78 is 14.3. The zero-order chi connectivity index (χ0) is 13.8. The summed E-state index contributed by atoms with van der Waals surface area (Å²) >= 11 is 5.07. The second-order valence-corrected chi connectivity index (χ2v) is 6.64. The summed E-state index contributed by atoms with van der Waals surface area (Å²) in [5.74, 6) is -0.305. The SMILES string of the molecule is CN(Cc1csc(Br)c1)Cc1cc(F)ccc1C#N. The van der Waals surface area contributed by atoms with Crippen LogP contribution in [0.15, 0.2) is 33.4 Å². The molecule has 2 aromatic rings. The van der Waals surface area contributed by atoms with Gasteiger partial charge in [-0.1, -0.05) is 0 Å². The molecule has 0 fully saturated rings. The van der Waals surface area contributed by atoms with Gasteiger partial charge in [-0.05, 0) is 63.8 Å². The van der Waals surface area contributed by atoms with Crippen LogP contribution in [0.3, 0.4) is 0 Å². The second kappa shape index (κ2) is 6.29. The summed E-state index contributed by atoms with van der Waals surface area (Å²) in [7, 11) is 1.96. The van der Waals surface area contributed by atoms with E-state index in [-0.39, 0.29) is 5.82 Å². The van der Waals surface area contributed by atoms with Crippen molar-refractivity contribution < 1.29 is 4.39 Å². The highest BCUT2D eigenvalue weighted by atomic mass is 79.9. The van der Waals surface area contributed by atoms with Crippen LogP contribution in [-0.2, 0) is 13.1 Å². The molecule has 0 aliphatic carbocycles. The highest BCUT2D eigenvalue weighted by Gasteiger charge is 2.08. The molecule has 0 unspecified atom stereocenters. The molecular weight excluding hydrogens is 327 g/mol. The third-order valence-electron chi connectivity index (χ3n) is 2.70. The van der Waals surface area contributed by atoms with Crippen molar-refractivity contribution in [2.24, 2.45) is 0 Å². The minimum atomic E-state index is -0.305. The van der Waals surface area contributed by atoms with Crippen molar-refractivity contribution in [2.75, 3.05) is 7.05 Å². The van der Waals surface area contributed by atoms with Gasteiger partial charge in [0.25, 0.3) is 0 Å². The Hall–Kier alpha value is -1.22. The average Bonchev–Trinajstić information content (AvgIpc) is 2.75. The molecule has 0 aliphatic heterocycles. The van der Waals surface area contributed by atoms with Crippen LogP contribution in [0.4, 0.5) is 4.39 Å². The topological polar surface area (TPSA) is 27.0 Å². The highest BCUT2D eigenvalue weighted by Crippen LogP contribution is 2.22. The maximum absolute atomic E-state index is 13.2. The molecule has 0 spiro atoms. The van der Waals surface area contributed by atoms with E-state index in [1.807, 2.05) is 7.05 Å². The molecule has 0 saturated heterocycles. The number of thiophene rings is 1. The minimum absolute atomic E-state index is 0.305. The third kappa shape index (κ3) is 3.87. The highest BCUT2D eigenvalue weighted by molar-refractivity contribution is 9.11. The van der Waals surface area contributed by atoms with E-state index in [9.17, 15) is 4.39 Å². The first-order chi connectivity index (χ1) is 9.08. The van der Waals surface area contributed by atoms with Crippen LogP contribution < -0.4 is 0 Å². The first-order valence-corrected chi connectivity index (χ1v) is 7.35. The molecule has 1 aromatic heterocycles. The van der Waals surface area contributed by atoms with E-state index in [0.29, 0.717) is 12.1 Å². The predicted octanol–water partition coefficient (Wildman–Crippen LogP) is 4.15. The van der Waals surface area contributed by atoms with Gasteiger partial charge < -0.3 is 0 Å². The Balaban J connectivity index is 2.08. The van der Waals surface area contributed by atoms with Gasteiger partial charge in [0.1, 0.15) is 5.82 Å². The lowest BCUT2D eigenvalue weighted by Gasteiger charge is -2.16. The fourth-order valence-electron chi connectivity index (χ4n) is 1.89. The van der Waals surface area contributed by atoms with Crippen LogP contribution in [0, 0.1) is 17.1 Å². The van der Waals surface area contributed by atoms with Crippen molar-refractivity contribution >= 4 is 27.3 Å². The first kappa shape index (κ1) is 14.2. The smallest absolute Gasteiger partial charge is 0.123 e. The Bertz CT molecular complexity index is 618. The normalized spacial score (nSPS) is 10.7. The molecule has 1 aromatic carbocycles. The summed E-state index contributed by atoms with van der Waals surface area (Å²) in [6.07, 6.45) is 0. The van der Waals surface area contributed by atoms with Gasteiger partial charge in [0.2, 0.25) is 0 Å². The first-order valence-electron chi connectivity index (χ1n) is 5.68. The number of nitriles is 1. The second-order valence-electron chi connectivity index (χ2n) is 4.34. The average molecular weight is 339 g/mol. The van der Waals surface area contributed by atoms with Crippen molar-refractivity contribution in [3.63, 3.8) is 0 Å². The van der Waals surface area contributed by atoms with Crippen molar-refractivity contribution in [3.8, 4) is 6.07 Å². The molecule has 19 heavy (non-hydrogen) atoms. The van der Waals surface area contributed by atoms with Crippen molar-refractivity contribution in [1.29, 1.82) is 5.26 Å². The number of benzene rings is 1.